The maximum Gasteiger partial charge on any atom is 0.323 e. The summed E-state index contributed by atoms with van der Waals surface area (Å²) in [6.07, 6.45) is 1.53. The first-order valence-corrected chi connectivity index (χ1v) is 6.81. The smallest absolute Gasteiger partial charge is 0.323 e. The van der Waals surface area contributed by atoms with Crippen LogP contribution in [0.25, 0.3) is 0 Å². The van der Waals surface area contributed by atoms with Gasteiger partial charge in [-0.15, -0.1) is 18.3 Å². The van der Waals surface area contributed by atoms with Crippen molar-refractivity contribution in [3.05, 3.63) is 42.5 Å². The summed E-state index contributed by atoms with van der Waals surface area (Å²) in [5.74, 6) is -0.993. The lowest BCUT2D eigenvalue weighted by Gasteiger charge is -2.18. The van der Waals surface area contributed by atoms with Crippen LogP contribution >= 0.6 is 11.8 Å². The number of hydrogen-bond acceptors (Lipinski definition) is 3. The van der Waals surface area contributed by atoms with Crippen molar-refractivity contribution in [1.82, 2.24) is 4.90 Å². The Hall–Kier alpha value is -1.75. The molecule has 0 bridgehead atoms. The molecule has 0 unspecified atom stereocenters. The Morgan fingerprint density at radius 3 is 2.53 bits per heavy atom. The van der Waals surface area contributed by atoms with Crippen molar-refractivity contribution in [1.29, 1.82) is 0 Å². The van der Waals surface area contributed by atoms with Crippen molar-refractivity contribution < 1.29 is 14.7 Å². The molecule has 1 N–H and O–H groups in total. The minimum atomic E-state index is -1.02. The summed E-state index contributed by atoms with van der Waals surface area (Å²) in [5.41, 5.74) is 1.16. The van der Waals surface area contributed by atoms with Crippen LogP contribution in [-0.4, -0.2) is 40.7 Å². The van der Waals surface area contributed by atoms with E-state index >= 15 is 0 Å². The first-order chi connectivity index (χ1) is 9.02. The molecule has 0 aliphatic rings. The second-order valence-electron chi connectivity index (χ2n) is 4.06. The van der Waals surface area contributed by atoms with Crippen LogP contribution in [0.5, 0.6) is 0 Å². The van der Waals surface area contributed by atoms with Crippen molar-refractivity contribution in [3.8, 4) is 0 Å². The van der Waals surface area contributed by atoms with Gasteiger partial charge in [0, 0.05) is 11.4 Å². The van der Waals surface area contributed by atoms with Gasteiger partial charge in [0.1, 0.15) is 6.54 Å². The second-order valence-corrected chi connectivity index (χ2v) is 5.11. The molecule has 0 aromatic heterocycles. The summed E-state index contributed by atoms with van der Waals surface area (Å²) < 4.78 is 0. The highest BCUT2D eigenvalue weighted by Gasteiger charge is 2.15. The van der Waals surface area contributed by atoms with E-state index in [-0.39, 0.29) is 24.7 Å². The maximum absolute atomic E-state index is 11.9. The molecule has 0 aliphatic carbocycles. The highest BCUT2D eigenvalue weighted by molar-refractivity contribution is 8.00. The van der Waals surface area contributed by atoms with E-state index in [0.717, 1.165) is 10.5 Å². The van der Waals surface area contributed by atoms with E-state index in [4.69, 9.17) is 5.11 Å². The van der Waals surface area contributed by atoms with E-state index in [0.29, 0.717) is 0 Å². The lowest BCUT2D eigenvalue weighted by Crippen LogP contribution is -2.36. The Bertz CT molecular complexity index is 456. The number of rotatable bonds is 7. The third kappa shape index (κ3) is 5.61. The first-order valence-electron chi connectivity index (χ1n) is 5.83. The molecule has 0 saturated heterocycles. The van der Waals surface area contributed by atoms with Gasteiger partial charge in [-0.3, -0.25) is 9.59 Å². The SMILES string of the molecule is C=CCN(CC(=O)O)C(=O)CSc1ccc(C)cc1. The Morgan fingerprint density at radius 2 is 2.00 bits per heavy atom. The number of carbonyl (C=O) groups is 2. The van der Waals surface area contributed by atoms with Gasteiger partial charge in [0.05, 0.1) is 5.75 Å². The van der Waals surface area contributed by atoms with Crippen molar-refractivity contribution in [2.75, 3.05) is 18.8 Å². The number of benzene rings is 1. The summed E-state index contributed by atoms with van der Waals surface area (Å²) in [5, 5.41) is 8.74. The van der Waals surface area contributed by atoms with Gasteiger partial charge in [-0.25, -0.2) is 0 Å². The van der Waals surface area contributed by atoms with Gasteiger partial charge in [-0.2, -0.15) is 0 Å². The molecule has 19 heavy (non-hydrogen) atoms. The average Bonchev–Trinajstić information content (AvgIpc) is 2.37. The van der Waals surface area contributed by atoms with Crippen molar-refractivity contribution >= 4 is 23.6 Å². The lowest BCUT2D eigenvalue weighted by atomic mass is 10.2. The van der Waals surface area contributed by atoms with E-state index in [1.165, 1.54) is 22.7 Å². The summed E-state index contributed by atoms with van der Waals surface area (Å²) in [6.45, 7) is 5.48. The monoisotopic (exact) mass is 279 g/mol. The topological polar surface area (TPSA) is 57.6 Å². The van der Waals surface area contributed by atoms with Gasteiger partial charge in [0.2, 0.25) is 5.91 Å². The van der Waals surface area contributed by atoms with Crippen molar-refractivity contribution in [2.24, 2.45) is 0 Å². The number of thioether (sulfide) groups is 1. The molecular formula is C14H17NO3S. The number of carbonyl (C=O) groups excluding carboxylic acids is 1. The third-order valence-corrected chi connectivity index (χ3v) is 3.41. The normalized spacial score (nSPS) is 9.95. The predicted octanol–water partition coefficient (Wildman–Crippen LogP) is 2.19. The highest BCUT2D eigenvalue weighted by atomic mass is 32.2. The van der Waals surface area contributed by atoms with Crippen LogP contribution in [0.2, 0.25) is 0 Å². The maximum atomic E-state index is 11.9. The van der Waals surface area contributed by atoms with Crippen LogP contribution in [0.4, 0.5) is 0 Å². The van der Waals surface area contributed by atoms with Crippen LogP contribution in [-0.2, 0) is 9.59 Å². The second kappa shape index (κ2) is 7.63. The Morgan fingerprint density at radius 1 is 1.37 bits per heavy atom. The molecule has 0 spiro atoms. The van der Waals surface area contributed by atoms with Gasteiger partial charge in [0.15, 0.2) is 0 Å². The summed E-state index contributed by atoms with van der Waals surface area (Å²) >= 11 is 1.40. The number of nitrogens with zero attached hydrogens (tertiary/aromatic N) is 1. The molecule has 1 aromatic carbocycles. The molecule has 102 valence electrons. The standard InChI is InChI=1S/C14H17NO3S/c1-3-8-15(9-14(17)18)13(16)10-19-12-6-4-11(2)5-7-12/h3-7H,1,8-10H2,2H3,(H,17,18). The number of hydrogen-bond donors (Lipinski definition) is 1. The van der Waals surface area contributed by atoms with E-state index in [1.54, 1.807) is 0 Å². The zero-order valence-corrected chi connectivity index (χ0v) is 11.7. The molecule has 1 aromatic rings. The van der Waals surface area contributed by atoms with Crippen molar-refractivity contribution in [2.45, 2.75) is 11.8 Å². The third-order valence-electron chi connectivity index (χ3n) is 2.41. The summed E-state index contributed by atoms with van der Waals surface area (Å²) in [4.78, 5) is 24.8. The molecule has 5 heteroatoms. The predicted molar refractivity (Wildman–Crippen MR) is 76.3 cm³/mol. The van der Waals surface area contributed by atoms with Gasteiger partial charge >= 0.3 is 5.97 Å². The quantitative estimate of drug-likeness (QED) is 0.614. The van der Waals surface area contributed by atoms with Gasteiger partial charge in [-0.05, 0) is 19.1 Å². The van der Waals surface area contributed by atoms with Gasteiger partial charge < -0.3 is 10.0 Å². The van der Waals surface area contributed by atoms with E-state index in [9.17, 15) is 9.59 Å². The molecule has 0 saturated carbocycles. The first kappa shape index (κ1) is 15.3. The van der Waals surface area contributed by atoms with Gasteiger partial charge in [-0.1, -0.05) is 23.8 Å². The molecule has 1 amide bonds. The molecule has 1 rings (SSSR count). The Labute approximate surface area is 117 Å². The highest BCUT2D eigenvalue weighted by Crippen LogP contribution is 2.18. The van der Waals surface area contributed by atoms with E-state index in [2.05, 4.69) is 6.58 Å². The van der Waals surface area contributed by atoms with E-state index in [1.807, 2.05) is 31.2 Å². The van der Waals surface area contributed by atoms with Crippen LogP contribution in [0, 0.1) is 6.92 Å². The Balaban J connectivity index is 2.54. The van der Waals surface area contributed by atoms with Gasteiger partial charge in [0.25, 0.3) is 0 Å². The molecule has 0 atom stereocenters. The number of aliphatic carboxylic acids is 1. The molecule has 0 radical (unpaired) electrons. The molecule has 0 heterocycles. The number of carboxylic acid groups (broad SMARTS) is 1. The lowest BCUT2D eigenvalue weighted by molar-refractivity contribution is -0.143. The van der Waals surface area contributed by atoms with Crippen molar-refractivity contribution in [3.63, 3.8) is 0 Å². The Kier molecular flexibility index (Phi) is 6.15. The molecular weight excluding hydrogens is 262 g/mol. The van der Waals surface area contributed by atoms with Crippen LogP contribution in [0.1, 0.15) is 5.56 Å². The fourth-order valence-electron chi connectivity index (χ4n) is 1.44. The van der Waals surface area contributed by atoms with E-state index < -0.39 is 5.97 Å². The minimum absolute atomic E-state index is 0.201. The zero-order chi connectivity index (χ0) is 14.3. The van der Waals surface area contributed by atoms with Crippen LogP contribution in [0.15, 0.2) is 41.8 Å². The summed E-state index contributed by atoms with van der Waals surface area (Å²) in [7, 11) is 0. The average molecular weight is 279 g/mol. The number of carboxylic acids is 1. The number of aryl methyl sites for hydroxylation is 1. The fraction of sp³-hybridized carbons (Fsp3) is 0.286. The number of amides is 1. The minimum Gasteiger partial charge on any atom is -0.480 e. The molecule has 0 aliphatic heterocycles. The summed E-state index contributed by atoms with van der Waals surface area (Å²) in [6, 6.07) is 7.85. The molecule has 4 nitrogen and oxygen atoms in total. The zero-order valence-electron chi connectivity index (χ0n) is 10.8. The van der Waals surface area contributed by atoms with Crippen LogP contribution < -0.4 is 0 Å². The largest absolute Gasteiger partial charge is 0.480 e. The van der Waals surface area contributed by atoms with Crippen LogP contribution in [0.3, 0.4) is 0 Å². The fourth-order valence-corrected chi connectivity index (χ4v) is 2.25. The molecule has 0 fully saturated rings.